The molecule has 2 aliphatic heterocycles. The summed E-state index contributed by atoms with van der Waals surface area (Å²) in [6.45, 7) is 3.84. The van der Waals surface area contributed by atoms with Crippen LogP contribution in [0.3, 0.4) is 0 Å². The number of aryl methyl sites for hydroxylation is 1. The van der Waals surface area contributed by atoms with Crippen LogP contribution in [0.4, 0.5) is 0 Å². The maximum absolute atomic E-state index is 13.1. The molecular formula is C26H33N3O3. The van der Waals surface area contributed by atoms with Crippen molar-refractivity contribution in [2.45, 2.75) is 12.8 Å². The van der Waals surface area contributed by atoms with Crippen LogP contribution < -0.4 is 4.74 Å². The monoisotopic (exact) mass is 435 g/mol. The molecule has 1 unspecified atom stereocenters. The standard InChI is InChI=1S/C26H33N3O3/c1-27(2)15-22-16-28(25(31)21-10-5-4-6-11-21)17-26(22)18-29(19-26)24(30)14-13-20-9-7-8-12-23(20)32-3/h4-12,22H,13-19H2,1-3H3. The van der Waals surface area contributed by atoms with Crippen molar-refractivity contribution in [2.24, 2.45) is 11.3 Å². The van der Waals surface area contributed by atoms with Crippen molar-refractivity contribution in [3.05, 3.63) is 65.7 Å². The fourth-order valence-corrected chi connectivity index (χ4v) is 5.20. The molecule has 6 nitrogen and oxygen atoms in total. The van der Waals surface area contributed by atoms with Gasteiger partial charge in [-0.1, -0.05) is 36.4 Å². The van der Waals surface area contributed by atoms with Crippen molar-refractivity contribution in [3.63, 3.8) is 0 Å². The van der Waals surface area contributed by atoms with Gasteiger partial charge in [-0.25, -0.2) is 0 Å². The number of likely N-dealkylation sites (tertiary alicyclic amines) is 2. The van der Waals surface area contributed by atoms with E-state index in [9.17, 15) is 9.59 Å². The summed E-state index contributed by atoms with van der Waals surface area (Å²) in [6, 6.07) is 17.4. The zero-order chi connectivity index (χ0) is 22.7. The summed E-state index contributed by atoms with van der Waals surface area (Å²) < 4.78 is 5.41. The lowest BCUT2D eigenvalue weighted by Gasteiger charge is -2.51. The van der Waals surface area contributed by atoms with Crippen molar-refractivity contribution in [1.29, 1.82) is 0 Å². The number of para-hydroxylation sites is 1. The first-order chi connectivity index (χ1) is 15.4. The van der Waals surface area contributed by atoms with Gasteiger partial charge in [-0.15, -0.1) is 0 Å². The van der Waals surface area contributed by atoms with E-state index in [2.05, 4.69) is 19.0 Å². The van der Waals surface area contributed by atoms with Crippen LogP contribution in [0.25, 0.3) is 0 Å². The first-order valence-corrected chi connectivity index (χ1v) is 11.3. The molecule has 170 valence electrons. The van der Waals surface area contributed by atoms with Gasteiger partial charge >= 0.3 is 0 Å². The molecule has 2 amide bonds. The molecular weight excluding hydrogens is 402 g/mol. The number of hydrogen-bond donors (Lipinski definition) is 0. The van der Waals surface area contributed by atoms with Gasteiger partial charge in [0.25, 0.3) is 5.91 Å². The predicted octanol–water partition coefficient (Wildman–Crippen LogP) is 2.79. The molecule has 2 fully saturated rings. The number of amides is 2. The highest BCUT2D eigenvalue weighted by Gasteiger charge is 2.56. The lowest BCUT2D eigenvalue weighted by molar-refractivity contribution is -0.145. The second kappa shape index (κ2) is 9.33. The Kier molecular flexibility index (Phi) is 6.51. The quantitative estimate of drug-likeness (QED) is 0.671. The molecule has 2 aromatic carbocycles. The van der Waals surface area contributed by atoms with E-state index >= 15 is 0 Å². The summed E-state index contributed by atoms with van der Waals surface area (Å²) in [5, 5.41) is 0. The molecule has 1 atom stereocenters. The molecule has 6 heteroatoms. The Morgan fingerprint density at radius 3 is 2.34 bits per heavy atom. The maximum Gasteiger partial charge on any atom is 0.253 e. The summed E-state index contributed by atoms with van der Waals surface area (Å²) in [6.07, 6.45) is 1.15. The molecule has 2 heterocycles. The van der Waals surface area contributed by atoms with E-state index in [4.69, 9.17) is 4.74 Å². The molecule has 32 heavy (non-hydrogen) atoms. The number of methoxy groups -OCH3 is 1. The Labute approximate surface area is 190 Å². The third kappa shape index (κ3) is 4.51. The lowest BCUT2D eigenvalue weighted by Crippen LogP contribution is -2.63. The van der Waals surface area contributed by atoms with E-state index in [1.807, 2.05) is 64.4 Å². The molecule has 0 saturated carbocycles. The van der Waals surface area contributed by atoms with Gasteiger partial charge < -0.3 is 19.4 Å². The van der Waals surface area contributed by atoms with Gasteiger partial charge in [-0.05, 0) is 50.2 Å². The van der Waals surface area contributed by atoms with E-state index in [0.717, 1.165) is 49.6 Å². The van der Waals surface area contributed by atoms with Gasteiger partial charge in [0, 0.05) is 50.1 Å². The van der Waals surface area contributed by atoms with Gasteiger partial charge in [0.2, 0.25) is 5.91 Å². The number of rotatable bonds is 7. The number of hydrogen-bond acceptors (Lipinski definition) is 4. The molecule has 2 aromatic rings. The average Bonchev–Trinajstić information content (AvgIpc) is 3.15. The summed E-state index contributed by atoms with van der Waals surface area (Å²) in [5.41, 5.74) is 1.79. The minimum absolute atomic E-state index is 0.00515. The van der Waals surface area contributed by atoms with E-state index in [0.29, 0.717) is 18.8 Å². The van der Waals surface area contributed by atoms with Crippen LogP contribution in [0.2, 0.25) is 0 Å². The first-order valence-electron chi connectivity index (χ1n) is 11.3. The zero-order valence-electron chi connectivity index (χ0n) is 19.3. The third-order valence-corrected chi connectivity index (χ3v) is 6.87. The second-order valence-electron chi connectivity index (χ2n) is 9.43. The van der Waals surface area contributed by atoms with Crippen molar-refractivity contribution in [2.75, 3.05) is 53.9 Å². The van der Waals surface area contributed by atoms with E-state index in [1.165, 1.54) is 0 Å². The molecule has 0 radical (unpaired) electrons. The van der Waals surface area contributed by atoms with Crippen molar-refractivity contribution < 1.29 is 14.3 Å². The highest BCUT2D eigenvalue weighted by molar-refractivity contribution is 5.94. The van der Waals surface area contributed by atoms with Gasteiger partial charge in [-0.3, -0.25) is 9.59 Å². The normalized spacial score (nSPS) is 19.3. The number of carbonyl (C=O) groups excluding carboxylic acids is 2. The van der Waals surface area contributed by atoms with Crippen molar-refractivity contribution >= 4 is 11.8 Å². The number of carbonyl (C=O) groups is 2. The molecule has 1 spiro atoms. The van der Waals surface area contributed by atoms with Crippen LogP contribution in [0, 0.1) is 11.3 Å². The van der Waals surface area contributed by atoms with Crippen LogP contribution in [0.5, 0.6) is 5.75 Å². The zero-order valence-corrected chi connectivity index (χ0v) is 19.3. The fraction of sp³-hybridized carbons (Fsp3) is 0.462. The minimum atomic E-state index is -0.00515. The highest BCUT2D eigenvalue weighted by Crippen LogP contribution is 2.45. The van der Waals surface area contributed by atoms with Gasteiger partial charge in [-0.2, -0.15) is 0 Å². The molecule has 4 rings (SSSR count). The fourth-order valence-electron chi connectivity index (χ4n) is 5.20. The van der Waals surface area contributed by atoms with Crippen molar-refractivity contribution in [1.82, 2.24) is 14.7 Å². The average molecular weight is 436 g/mol. The summed E-state index contributed by atoms with van der Waals surface area (Å²) >= 11 is 0. The van der Waals surface area contributed by atoms with E-state index < -0.39 is 0 Å². The smallest absolute Gasteiger partial charge is 0.253 e. The van der Waals surface area contributed by atoms with Gasteiger partial charge in [0.15, 0.2) is 0 Å². The van der Waals surface area contributed by atoms with Crippen LogP contribution in [0.1, 0.15) is 22.3 Å². The molecule has 0 bridgehead atoms. The Hall–Kier alpha value is -2.86. The highest BCUT2D eigenvalue weighted by atomic mass is 16.5. The topological polar surface area (TPSA) is 53.1 Å². The van der Waals surface area contributed by atoms with Crippen LogP contribution in [-0.4, -0.2) is 80.4 Å². The van der Waals surface area contributed by atoms with E-state index in [-0.39, 0.29) is 17.2 Å². The van der Waals surface area contributed by atoms with Gasteiger partial charge in [0.05, 0.1) is 7.11 Å². The molecule has 2 aliphatic rings. The summed E-state index contributed by atoms with van der Waals surface area (Å²) in [4.78, 5) is 32.1. The minimum Gasteiger partial charge on any atom is -0.496 e. The predicted molar refractivity (Wildman–Crippen MR) is 125 cm³/mol. The number of ether oxygens (including phenoxy) is 1. The van der Waals surface area contributed by atoms with E-state index in [1.54, 1.807) is 7.11 Å². The molecule has 0 aliphatic carbocycles. The SMILES string of the molecule is COc1ccccc1CCC(=O)N1CC2(C1)CN(C(=O)c1ccccc1)CC2CN(C)C. The Morgan fingerprint density at radius 1 is 1.00 bits per heavy atom. The largest absolute Gasteiger partial charge is 0.496 e. The first kappa shape index (κ1) is 22.3. The molecule has 2 saturated heterocycles. The second-order valence-corrected chi connectivity index (χ2v) is 9.43. The molecule has 0 N–H and O–H groups in total. The van der Waals surface area contributed by atoms with Crippen LogP contribution >= 0.6 is 0 Å². The molecule has 0 aromatic heterocycles. The Bertz CT molecular complexity index is 954. The summed E-state index contributed by atoms with van der Waals surface area (Å²) in [5.74, 6) is 1.46. The maximum atomic E-state index is 13.1. The van der Waals surface area contributed by atoms with Crippen molar-refractivity contribution in [3.8, 4) is 5.75 Å². The summed E-state index contributed by atoms with van der Waals surface area (Å²) in [7, 11) is 5.81. The Morgan fingerprint density at radius 2 is 1.66 bits per heavy atom. The van der Waals surface area contributed by atoms with Gasteiger partial charge in [0.1, 0.15) is 5.75 Å². The third-order valence-electron chi connectivity index (χ3n) is 6.87. The lowest BCUT2D eigenvalue weighted by atomic mass is 9.71. The van der Waals surface area contributed by atoms with Crippen LogP contribution in [-0.2, 0) is 11.2 Å². The number of benzene rings is 2. The van der Waals surface area contributed by atoms with Crippen LogP contribution in [0.15, 0.2) is 54.6 Å². The Balaban J connectivity index is 1.39. The number of nitrogens with zero attached hydrogens (tertiary/aromatic N) is 3.